The highest BCUT2D eigenvalue weighted by Gasteiger charge is 2.20. The fraction of sp³-hybridized carbons (Fsp3) is 0.158. The van der Waals surface area contributed by atoms with Gasteiger partial charge in [-0.2, -0.15) is 5.06 Å². The van der Waals surface area contributed by atoms with Crippen LogP contribution >= 0.6 is 0 Å². The molecule has 0 N–H and O–H groups in total. The topological polar surface area (TPSA) is 59.1 Å². The number of amides is 2. The number of nitrogens with zero attached hydrogens (tertiary/aromatic N) is 2. The predicted octanol–water partition coefficient (Wildman–Crippen LogP) is 3.10. The van der Waals surface area contributed by atoms with Crippen LogP contribution in [0.1, 0.15) is 10.4 Å². The van der Waals surface area contributed by atoms with Gasteiger partial charge >= 0.3 is 6.09 Å². The molecule has 128 valence electrons. The number of hydrogen-bond acceptors (Lipinski definition) is 4. The molecule has 0 aliphatic heterocycles. The second-order valence-corrected chi connectivity index (χ2v) is 4.99. The van der Waals surface area contributed by atoms with Gasteiger partial charge in [0.2, 0.25) is 0 Å². The van der Waals surface area contributed by atoms with Gasteiger partial charge in [0.1, 0.15) is 6.61 Å². The number of hydrogen-bond donors (Lipinski definition) is 0. The lowest BCUT2D eigenvalue weighted by Gasteiger charge is -2.23. The molecule has 2 aromatic carbocycles. The third-order valence-electron chi connectivity index (χ3n) is 3.38. The van der Waals surface area contributed by atoms with E-state index in [4.69, 9.17) is 16.0 Å². The van der Waals surface area contributed by atoms with E-state index in [1.165, 1.54) is 12.0 Å². The number of carbonyl (C=O) groups is 2. The van der Waals surface area contributed by atoms with E-state index in [-0.39, 0.29) is 12.5 Å². The molecule has 2 aromatic rings. The molecule has 0 unspecified atom stereocenters. The van der Waals surface area contributed by atoms with Crippen LogP contribution in [0.3, 0.4) is 0 Å². The number of benzene rings is 2. The lowest BCUT2D eigenvalue weighted by molar-refractivity contribution is 0.0722. The molecule has 6 nitrogen and oxygen atoms in total. The molecule has 0 atom stereocenters. The summed E-state index contributed by atoms with van der Waals surface area (Å²) in [6, 6.07) is 15.4. The molecule has 6 heteroatoms. The lowest BCUT2D eigenvalue weighted by Crippen LogP contribution is -2.32. The molecular formula is C19H18N2O4. The fourth-order valence-electron chi connectivity index (χ4n) is 2.12. The Kier molecular flexibility index (Phi) is 6.15. The largest absolute Gasteiger partial charge is 0.452 e. The molecule has 0 spiro atoms. The van der Waals surface area contributed by atoms with Gasteiger partial charge in [-0.15, -0.1) is 6.42 Å². The zero-order valence-electron chi connectivity index (χ0n) is 14.0. The van der Waals surface area contributed by atoms with Gasteiger partial charge in [-0.3, -0.25) is 14.5 Å². The standard InChI is InChI=1S/C19H18N2O4/c1-4-13-25-21(18(22)15-9-6-5-7-10-15)17-12-8-11-16(14-17)20(2)19(23)24-3/h1,5-12,14H,13H2,2-3H3. The summed E-state index contributed by atoms with van der Waals surface area (Å²) in [5.74, 6) is 1.97. The zero-order valence-corrected chi connectivity index (χ0v) is 14.0. The number of anilines is 2. The average Bonchev–Trinajstić information content (AvgIpc) is 2.67. The Bertz CT molecular complexity index is 784. The van der Waals surface area contributed by atoms with E-state index in [2.05, 4.69) is 5.92 Å². The van der Waals surface area contributed by atoms with Crippen LogP contribution in [0.25, 0.3) is 0 Å². The van der Waals surface area contributed by atoms with E-state index >= 15 is 0 Å². The van der Waals surface area contributed by atoms with Crippen LogP contribution in [0, 0.1) is 12.3 Å². The number of rotatable bonds is 5. The van der Waals surface area contributed by atoms with E-state index in [0.29, 0.717) is 16.9 Å². The monoisotopic (exact) mass is 338 g/mol. The van der Waals surface area contributed by atoms with Crippen molar-refractivity contribution in [3.63, 3.8) is 0 Å². The lowest BCUT2D eigenvalue weighted by atomic mass is 10.2. The second kappa shape index (κ2) is 8.52. The first-order chi connectivity index (χ1) is 12.1. The minimum Gasteiger partial charge on any atom is -0.452 e. The van der Waals surface area contributed by atoms with Crippen LogP contribution in [0.5, 0.6) is 0 Å². The van der Waals surface area contributed by atoms with E-state index in [1.54, 1.807) is 55.6 Å². The van der Waals surface area contributed by atoms with Gasteiger partial charge in [0.15, 0.2) is 0 Å². The molecule has 2 rings (SSSR count). The summed E-state index contributed by atoms with van der Waals surface area (Å²) in [5, 5.41) is 1.11. The van der Waals surface area contributed by atoms with Crippen LogP contribution in [-0.2, 0) is 9.57 Å². The number of carbonyl (C=O) groups excluding carboxylic acids is 2. The first kappa shape index (κ1) is 18.0. The van der Waals surface area contributed by atoms with Crippen molar-refractivity contribution in [2.45, 2.75) is 0 Å². The smallest absolute Gasteiger partial charge is 0.413 e. The molecule has 2 amide bonds. The van der Waals surface area contributed by atoms with E-state index in [0.717, 1.165) is 5.06 Å². The normalized spacial score (nSPS) is 9.80. The molecule has 0 heterocycles. The Morgan fingerprint density at radius 2 is 1.76 bits per heavy atom. The maximum Gasteiger partial charge on any atom is 0.413 e. The van der Waals surface area contributed by atoms with Gasteiger partial charge in [0.05, 0.1) is 12.8 Å². The minimum atomic E-state index is -0.525. The van der Waals surface area contributed by atoms with Crippen LogP contribution in [0.4, 0.5) is 16.2 Å². The number of terminal acetylenes is 1. The molecular weight excluding hydrogens is 320 g/mol. The van der Waals surface area contributed by atoms with Crippen LogP contribution in [0.2, 0.25) is 0 Å². The second-order valence-electron chi connectivity index (χ2n) is 4.99. The fourth-order valence-corrected chi connectivity index (χ4v) is 2.12. The Morgan fingerprint density at radius 1 is 1.08 bits per heavy atom. The Balaban J connectivity index is 2.37. The summed E-state index contributed by atoms with van der Waals surface area (Å²) in [6.45, 7) is -0.0738. The highest BCUT2D eigenvalue weighted by molar-refractivity contribution is 6.05. The van der Waals surface area contributed by atoms with Gasteiger partial charge in [0, 0.05) is 18.3 Å². The summed E-state index contributed by atoms with van der Waals surface area (Å²) >= 11 is 0. The number of hydroxylamine groups is 1. The molecule has 0 aliphatic rings. The van der Waals surface area contributed by atoms with E-state index < -0.39 is 6.09 Å². The van der Waals surface area contributed by atoms with Gasteiger partial charge in [-0.25, -0.2) is 4.79 Å². The maximum absolute atomic E-state index is 12.7. The van der Waals surface area contributed by atoms with Crippen LogP contribution in [-0.4, -0.2) is 32.8 Å². The average molecular weight is 338 g/mol. The van der Waals surface area contributed by atoms with Crippen LogP contribution < -0.4 is 9.96 Å². The van der Waals surface area contributed by atoms with Crippen molar-refractivity contribution >= 4 is 23.4 Å². The predicted molar refractivity (Wildman–Crippen MR) is 95.3 cm³/mol. The van der Waals surface area contributed by atoms with Crippen molar-refractivity contribution in [1.29, 1.82) is 0 Å². The molecule has 0 aliphatic carbocycles. The Hall–Kier alpha value is -3.30. The van der Waals surface area contributed by atoms with Crippen LogP contribution in [0.15, 0.2) is 54.6 Å². The highest BCUT2D eigenvalue weighted by Crippen LogP contribution is 2.24. The summed E-state index contributed by atoms with van der Waals surface area (Å²) in [5.41, 5.74) is 1.43. The first-order valence-electron chi connectivity index (χ1n) is 7.46. The zero-order chi connectivity index (χ0) is 18.2. The number of methoxy groups -OCH3 is 1. The van der Waals surface area contributed by atoms with Gasteiger partial charge < -0.3 is 4.74 Å². The van der Waals surface area contributed by atoms with Crippen molar-refractivity contribution in [3.05, 3.63) is 60.2 Å². The van der Waals surface area contributed by atoms with Crippen molar-refractivity contribution < 1.29 is 19.2 Å². The van der Waals surface area contributed by atoms with Crippen molar-refractivity contribution in [3.8, 4) is 12.3 Å². The van der Waals surface area contributed by atoms with Crippen molar-refractivity contribution in [1.82, 2.24) is 0 Å². The third kappa shape index (κ3) is 4.37. The van der Waals surface area contributed by atoms with Gasteiger partial charge in [0.25, 0.3) is 5.91 Å². The highest BCUT2D eigenvalue weighted by atomic mass is 16.7. The molecule has 0 bridgehead atoms. The quantitative estimate of drug-likeness (QED) is 0.621. The summed E-state index contributed by atoms with van der Waals surface area (Å²) < 4.78 is 4.70. The first-order valence-corrected chi connectivity index (χ1v) is 7.46. The summed E-state index contributed by atoms with van der Waals surface area (Å²) in [6.07, 6.45) is 4.72. The van der Waals surface area contributed by atoms with E-state index in [9.17, 15) is 9.59 Å². The third-order valence-corrected chi connectivity index (χ3v) is 3.38. The maximum atomic E-state index is 12.7. The van der Waals surface area contributed by atoms with Gasteiger partial charge in [-0.05, 0) is 30.3 Å². The molecule has 0 radical (unpaired) electrons. The molecule has 0 fully saturated rings. The molecule has 25 heavy (non-hydrogen) atoms. The Morgan fingerprint density at radius 3 is 2.40 bits per heavy atom. The Labute approximate surface area is 146 Å². The van der Waals surface area contributed by atoms with E-state index in [1.807, 2.05) is 6.07 Å². The molecule has 0 aromatic heterocycles. The minimum absolute atomic E-state index is 0.0738. The summed E-state index contributed by atoms with van der Waals surface area (Å²) in [7, 11) is 2.86. The van der Waals surface area contributed by atoms with Crippen molar-refractivity contribution in [2.75, 3.05) is 30.7 Å². The molecule has 0 saturated carbocycles. The number of ether oxygens (including phenoxy) is 1. The summed E-state index contributed by atoms with van der Waals surface area (Å²) in [4.78, 5) is 31.2. The van der Waals surface area contributed by atoms with Crippen molar-refractivity contribution in [2.24, 2.45) is 0 Å². The van der Waals surface area contributed by atoms with Gasteiger partial charge in [-0.1, -0.05) is 30.2 Å². The molecule has 0 saturated heterocycles. The SMILES string of the molecule is C#CCON(C(=O)c1ccccc1)c1cccc(N(C)C(=O)OC)c1.